The van der Waals surface area contributed by atoms with E-state index in [0.29, 0.717) is 24.7 Å². The van der Waals surface area contributed by atoms with E-state index in [-0.39, 0.29) is 16.6 Å². The van der Waals surface area contributed by atoms with Crippen LogP contribution in [-0.4, -0.2) is 67.4 Å². The molecule has 1 amide bonds. The monoisotopic (exact) mass is 347 g/mol. The van der Waals surface area contributed by atoms with Gasteiger partial charge in [-0.1, -0.05) is 13.8 Å². The molecule has 0 aromatic carbocycles. The van der Waals surface area contributed by atoms with E-state index in [1.54, 1.807) is 0 Å². The second kappa shape index (κ2) is 5.55. The summed E-state index contributed by atoms with van der Waals surface area (Å²) in [5, 5.41) is 0. The second-order valence-corrected chi connectivity index (χ2v) is 9.18. The van der Waals surface area contributed by atoms with Crippen molar-refractivity contribution in [1.29, 1.82) is 0 Å². The molecule has 0 unspecified atom stereocenters. The molecule has 6 heteroatoms. The Labute approximate surface area is 149 Å². The summed E-state index contributed by atoms with van der Waals surface area (Å²) in [6.45, 7) is 9.57. The molecule has 2 saturated heterocycles. The highest BCUT2D eigenvalue weighted by atomic mass is 16.5. The molecule has 25 heavy (non-hydrogen) atoms. The molecule has 3 fully saturated rings. The summed E-state index contributed by atoms with van der Waals surface area (Å²) in [5.74, 6) is 0.333. The number of allylic oxidation sites excluding steroid dienone is 1. The second-order valence-electron chi connectivity index (χ2n) is 9.18. The van der Waals surface area contributed by atoms with Crippen LogP contribution < -0.4 is 5.73 Å². The van der Waals surface area contributed by atoms with E-state index in [1.807, 2.05) is 24.8 Å². The molecular weight excluding hydrogens is 318 g/mol. The molecule has 4 aliphatic rings. The van der Waals surface area contributed by atoms with Gasteiger partial charge in [0.2, 0.25) is 5.91 Å². The van der Waals surface area contributed by atoms with Crippen LogP contribution in [0, 0.1) is 16.2 Å². The van der Waals surface area contributed by atoms with E-state index in [0.717, 1.165) is 52.1 Å². The number of hydrogen-bond acceptors (Lipinski definition) is 5. The zero-order valence-electron chi connectivity index (χ0n) is 15.3. The highest BCUT2D eigenvalue weighted by Gasteiger charge is 2.58. The average Bonchev–Trinajstić information content (AvgIpc) is 3.31. The van der Waals surface area contributed by atoms with Crippen LogP contribution in [-0.2, 0) is 14.3 Å². The first-order chi connectivity index (χ1) is 11.8. The van der Waals surface area contributed by atoms with Crippen molar-refractivity contribution >= 4 is 11.7 Å². The number of carbonyl (C=O) groups excluding carboxylic acids is 2. The van der Waals surface area contributed by atoms with Crippen molar-refractivity contribution in [2.24, 2.45) is 22.0 Å². The molecule has 0 atom stereocenters. The predicted octanol–water partition coefficient (Wildman–Crippen LogP) is 0.769. The number of hydrogen-bond donors (Lipinski definition) is 1. The summed E-state index contributed by atoms with van der Waals surface area (Å²) in [7, 11) is 0. The molecule has 4 rings (SSSR count). The highest BCUT2D eigenvalue weighted by molar-refractivity contribution is 6.00. The van der Waals surface area contributed by atoms with Gasteiger partial charge in [0.15, 0.2) is 5.78 Å². The van der Waals surface area contributed by atoms with Crippen molar-refractivity contribution in [1.82, 2.24) is 9.80 Å². The lowest BCUT2D eigenvalue weighted by atomic mass is 9.62. The third-order valence-corrected chi connectivity index (χ3v) is 6.37. The lowest BCUT2D eigenvalue weighted by Gasteiger charge is -2.54. The number of nitrogens with zero attached hydrogens (tertiary/aromatic N) is 2. The molecule has 0 aromatic heterocycles. The Kier molecular flexibility index (Phi) is 3.78. The number of rotatable bonds is 3. The van der Waals surface area contributed by atoms with E-state index in [4.69, 9.17) is 10.5 Å². The van der Waals surface area contributed by atoms with Crippen LogP contribution in [0.4, 0.5) is 0 Å². The van der Waals surface area contributed by atoms with Gasteiger partial charge in [0.25, 0.3) is 0 Å². The lowest BCUT2D eigenvalue weighted by molar-refractivity contribution is -0.151. The summed E-state index contributed by atoms with van der Waals surface area (Å²) in [5.41, 5.74) is 5.64. The maximum absolute atomic E-state index is 13.1. The van der Waals surface area contributed by atoms with Gasteiger partial charge in [-0.15, -0.1) is 0 Å². The van der Waals surface area contributed by atoms with Crippen molar-refractivity contribution in [3.05, 3.63) is 11.8 Å². The minimum Gasteiger partial charge on any atom is -0.396 e. The highest BCUT2D eigenvalue weighted by Crippen LogP contribution is 2.53. The largest absolute Gasteiger partial charge is 0.396 e. The van der Waals surface area contributed by atoms with E-state index >= 15 is 0 Å². The van der Waals surface area contributed by atoms with Crippen molar-refractivity contribution in [2.45, 2.75) is 33.1 Å². The van der Waals surface area contributed by atoms with Crippen LogP contribution in [0.15, 0.2) is 11.8 Å². The molecule has 138 valence electrons. The van der Waals surface area contributed by atoms with Gasteiger partial charge in [-0.05, 0) is 25.3 Å². The molecule has 6 nitrogen and oxygen atoms in total. The standard InChI is InChI=1S/C19H29N3O3/c1-17(2)10-18(9-14(20)15(17)23)11-22(12-18)16(24)19(3-4-19)13-21-5-7-25-8-6-21/h9H,3-8,10-13,20H2,1-2H3. The predicted molar refractivity (Wildman–Crippen MR) is 93.6 cm³/mol. The summed E-state index contributed by atoms with van der Waals surface area (Å²) >= 11 is 0. The lowest BCUT2D eigenvalue weighted by Crippen LogP contribution is -2.63. The number of likely N-dealkylation sites (tertiary alicyclic amines) is 1. The van der Waals surface area contributed by atoms with Gasteiger partial charge in [-0.3, -0.25) is 14.5 Å². The van der Waals surface area contributed by atoms with Crippen molar-refractivity contribution in [2.75, 3.05) is 45.9 Å². The Balaban J connectivity index is 1.40. The Hall–Kier alpha value is -1.40. The number of nitrogens with two attached hydrogens (primary N) is 1. The number of amides is 1. The Morgan fingerprint density at radius 2 is 1.88 bits per heavy atom. The van der Waals surface area contributed by atoms with Gasteiger partial charge >= 0.3 is 0 Å². The van der Waals surface area contributed by atoms with Crippen molar-refractivity contribution in [3.63, 3.8) is 0 Å². The zero-order chi connectivity index (χ0) is 17.9. The van der Waals surface area contributed by atoms with Crippen LogP contribution >= 0.6 is 0 Å². The number of Topliss-reactive ketones (excluding diaryl/α,β-unsaturated/α-hetero) is 1. The first-order valence-electron chi connectivity index (χ1n) is 9.38. The molecule has 2 aliphatic carbocycles. The smallest absolute Gasteiger partial charge is 0.230 e. The van der Waals surface area contributed by atoms with Crippen LogP contribution in [0.5, 0.6) is 0 Å². The minimum atomic E-state index is -0.432. The SMILES string of the molecule is CC1(C)CC2(C=C(N)C1=O)CN(C(=O)C1(CN3CCOCC3)CC1)C2. The van der Waals surface area contributed by atoms with Crippen LogP contribution in [0.3, 0.4) is 0 Å². The Morgan fingerprint density at radius 3 is 2.44 bits per heavy atom. The molecular formula is C19H29N3O3. The third-order valence-electron chi connectivity index (χ3n) is 6.37. The fourth-order valence-corrected chi connectivity index (χ4v) is 4.97. The summed E-state index contributed by atoms with van der Waals surface area (Å²) in [4.78, 5) is 29.6. The molecule has 1 spiro atoms. The number of morpholine rings is 1. The third kappa shape index (κ3) is 2.89. The van der Waals surface area contributed by atoms with Crippen molar-refractivity contribution in [3.8, 4) is 0 Å². The molecule has 2 heterocycles. The maximum Gasteiger partial charge on any atom is 0.230 e. The molecule has 1 saturated carbocycles. The molecule has 2 aliphatic heterocycles. The van der Waals surface area contributed by atoms with Gasteiger partial charge in [0, 0.05) is 43.6 Å². The van der Waals surface area contributed by atoms with Gasteiger partial charge in [-0.2, -0.15) is 0 Å². The van der Waals surface area contributed by atoms with Gasteiger partial charge in [-0.25, -0.2) is 0 Å². The van der Waals surface area contributed by atoms with Gasteiger partial charge < -0.3 is 15.4 Å². The van der Waals surface area contributed by atoms with Crippen LogP contribution in [0.1, 0.15) is 33.1 Å². The maximum atomic E-state index is 13.1. The summed E-state index contributed by atoms with van der Waals surface area (Å²) in [6.07, 6.45) is 4.69. The van der Waals surface area contributed by atoms with E-state index in [1.165, 1.54) is 0 Å². The van der Waals surface area contributed by atoms with E-state index in [2.05, 4.69) is 4.90 Å². The molecule has 0 aromatic rings. The minimum absolute atomic E-state index is 0.0360. The number of carbonyl (C=O) groups is 2. The average molecular weight is 347 g/mol. The first kappa shape index (κ1) is 17.0. The van der Waals surface area contributed by atoms with Gasteiger partial charge in [0.05, 0.1) is 24.3 Å². The topological polar surface area (TPSA) is 75.9 Å². The molecule has 2 N–H and O–H groups in total. The first-order valence-corrected chi connectivity index (χ1v) is 9.38. The zero-order valence-corrected chi connectivity index (χ0v) is 15.3. The molecule has 0 radical (unpaired) electrons. The number of ether oxygens (including phenoxy) is 1. The van der Waals surface area contributed by atoms with Gasteiger partial charge in [0.1, 0.15) is 0 Å². The fraction of sp³-hybridized carbons (Fsp3) is 0.789. The number of ketones is 1. The Morgan fingerprint density at radius 1 is 1.24 bits per heavy atom. The van der Waals surface area contributed by atoms with Crippen molar-refractivity contribution < 1.29 is 14.3 Å². The quantitative estimate of drug-likeness (QED) is 0.816. The van der Waals surface area contributed by atoms with Crippen LogP contribution in [0.25, 0.3) is 0 Å². The van der Waals surface area contributed by atoms with Crippen LogP contribution in [0.2, 0.25) is 0 Å². The fourth-order valence-electron chi connectivity index (χ4n) is 4.97. The van der Waals surface area contributed by atoms with E-state index in [9.17, 15) is 9.59 Å². The summed E-state index contributed by atoms with van der Waals surface area (Å²) in [6, 6.07) is 0. The normalized spacial score (nSPS) is 29.9. The molecule has 0 bridgehead atoms. The van der Waals surface area contributed by atoms with E-state index < -0.39 is 5.41 Å². The Bertz CT molecular complexity index is 624. The summed E-state index contributed by atoms with van der Waals surface area (Å²) < 4.78 is 5.41.